The molecular weight excluding hydrogens is 260 g/mol. The van der Waals surface area contributed by atoms with Crippen LogP contribution < -0.4 is 4.74 Å². The lowest BCUT2D eigenvalue weighted by molar-refractivity contribution is -0.0498. The number of hydrogen-bond acceptors (Lipinski definition) is 4. The van der Waals surface area contributed by atoms with Crippen LogP contribution in [0.5, 0.6) is 5.75 Å². The van der Waals surface area contributed by atoms with Crippen LogP contribution in [-0.2, 0) is 0 Å². The molecule has 1 saturated heterocycles. The molecule has 2 N–H and O–H groups in total. The summed E-state index contributed by atoms with van der Waals surface area (Å²) in [6, 6.07) is 5.25. The van der Waals surface area contributed by atoms with Gasteiger partial charge >= 0.3 is 6.61 Å². The average molecular weight is 273 g/mol. The third-order valence-electron chi connectivity index (χ3n) is 2.87. The van der Waals surface area contributed by atoms with Crippen molar-refractivity contribution in [2.45, 2.75) is 18.8 Å². The molecule has 19 heavy (non-hydrogen) atoms. The number of carbonyl (C=O) groups is 1. The number of aliphatic hydroxyl groups excluding tert-OH is 2. The summed E-state index contributed by atoms with van der Waals surface area (Å²) >= 11 is 0. The van der Waals surface area contributed by atoms with E-state index < -0.39 is 18.8 Å². The van der Waals surface area contributed by atoms with E-state index in [1.807, 2.05) is 0 Å². The Morgan fingerprint density at radius 2 is 1.74 bits per heavy atom. The van der Waals surface area contributed by atoms with E-state index in [2.05, 4.69) is 4.74 Å². The summed E-state index contributed by atoms with van der Waals surface area (Å²) in [5.41, 5.74) is 0.280. The lowest BCUT2D eigenvalue weighted by Gasteiger charge is -2.15. The van der Waals surface area contributed by atoms with Crippen molar-refractivity contribution in [2.75, 3.05) is 13.1 Å². The first-order valence-electron chi connectivity index (χ1n) is 5.67. The van der Waals surface area contributed by atoms with Crippen molar-refractivity contribution in [3.05, 3.63) is 29.8 Å². The number of rotatable bonds is 3. The van der Waals surface area contributed by atoms with E-state index in [1.54, 1.807) is 0 Å². The highest BCUT2D eigenvalue weighted by atomic mass is 19.3. The van der Waals surface area contributed by atoms with Crippen LogP contribution in [0.25, 0.3) is 0 Å². The highest BCUT2D eigenvalue weighted by Crippen LogP contribution is 2.18. The third-order valence-corrected chi connectivity index (χ3v) is 2.87. The highest BCUT2D eigenvalue weighted by molar-refractivity contribution is 5.94. The summed E-state index contributed by atoms with van der Waals surface area (Å²) in [4.78, 5) is 13.3. The number of alkyl halides is 2. The van der Waals surface area contributed by atoms with Crippen molar-refractivity contribution in [1.29, 1.82) is 0 Å². The van der Waals surface area contributed by atoms with Crippen LogP contribution in [0.2, 0.25) is 0 Å². The zero-order valence-corrected chi connectivity index (χ0v) is 9.87. The summed E-state index contributed by atoms with van der Waals surface area (Å²) in [5, 5.41) is 18.7. The van der Waals surface area contributed by atoms with Crippen LogP contribution in [-0.4, -0.2) is 52.9 Å². The molecule has 0 unspecified atom stereocenters. The molecule has 1 aromatic carbocycles. The standard InChI is InChI=1S/C12H13F2NO4/c13-12(14)19-8-3-1-7(2-4-8)11(18)15-5-9(16)10(17)6-15/h1-4,9-10,12,16-17H,5-6H2/t9-,10+. The number of amides is 1. The van der Waals surface area contributed by atoms with Crippen LogP contribution in [0.15, 0.2) is 24.3 Å². The molecule has 1 aromatic rings. The third kappa shape index (κ3) is 3.18. The molecule has 5 nitrogen and oxygen atoms in total. The Kier molecular flexibility index (Phi) is 3.96. The Bertz CT molecular complexity index is 442. The first-order valence-corrected chi connectivity index (χ1v) is 5.67. The van der Waals surface area contributed by atoms with Crippen LogP contribution in [0.3, 0.4) is 0 Å². The van der Waals surface area contributed by atoms with Crippen molar-refractivity contribution in [3.8, 4) is 5.75 Å². The van der Waals surface area contributed by atoms with E-state index in [4.69, 9.17) is 0 Å². The summed E-state index contributed by atoms with van der Waals surface area (Å²) in [7, 11) is 0. The van der Waals surface area contributed by atoms with Crippen molar-refractivity contribution in [1.82, 2.24) is 4.90 Å². The van der Waals surface area contributed by atoms with Gasteiger partial charge in [0.15, 0.2) is 0 Å². The molecule has 0 saturated carbocycles. The smallest absolute Gasteiger partial charge is 0.387 e. The van der Waals surface area contributed by atoms with Gasteiger partial charge in [0.05, 0.1) is 12.2 Å². The molecule has 2 rings (SSSR count). The Morgan fingerprint density at radius 1 is 1.21 bits per heavy atom. The maximum atomic E-state index is 12.0. The number of halogens is 2. The molecule has 0 radical (unpaired) electrons. The topological polar surface area (TPSA) is 70.0 Å². The van der Waals surface area contributed by atoms with Gasteiger partial charge in [0, 0.05) is 18.7 Å². The van der Waals surface area contributed by atoms with Crippen LogP contribution in [0.1, 0.15) is 10.4 Å². The average Bonchev–Trinajstić information content (AvgIpc) is 2.69. The van der Waals surface area contributed by atoms with E-state index in [1.165, 1.54) is 29.2 Å². The second-order valence-corrected chi connectivity index (χ2v) is 4.25. The van der Waals surface area contributed by atoms with E-state index in [-0.39, 0.29) is 30.3 Å². The number of ether oxygens (including phenoxy) is 1. The number of benzene rings is 1. The fourth-order valence-electron chi connectivity index (χ4n) is 1.90. The fraction of sp³-hybridized carbons (Fsp3) is 0.417. The highest BCUT2D eigenvalue weighted by Gasteiger charge is 2.32. The van der Waals surface area contributed by atoms with Gasteiger partial charge in [-0.1, -0.05) is 0 Å². The maximum absolute atomic E-state index is 12.0. The molecule has 1 aliphatic heterocycles. The first kappa shape index (κ1) is 13.7. The summed E-state index contributed by atoms with van der Waals surface area (Å²) in [5.74, 6) is -0.410. The number of aliphatic hydroxyl groups is 2. The molecule has 1 aliphatic rings. The van der Waals surface area contributed by atoms with Gasteiger partial charge in [-0.15, -0.1) is 0 Å². The van der Waals surface area contributed by atoms with Gasteiger partial charge in [-0.2, -0.15) is 8.78 Å². The predicted molar refractivity (Wildman–Crippen MR) is 61.0 cm³/mol. The lowest BCUT2D eigenvalue weighted by atomic mass is 10.2. The van der Waals surface area contributed by atoms with Crippen LogP contribution in [0.4, 0.5) is 8.78 Å². The molecule has 104 valence electrons. The van der Waals surface area contributed by atoms with Crippen molar-refractivity contribution in [3.63, 3.8) is 0 Å². The summed E-state index contributed by atoms with van der Waals surface area (Å²) < 4.78 is 28.1. The predicted octanol–water partition coefficient (Wildman–Crippen LogP) is 0.466. The minimum Gasteiger partial charge on any atom is -0.435 e. The van der Waals surface area contributed by atoms with Crippen LogP contribution in [0, 0.1) is 0 Å². The monoisotopic (exact) mass is 273 g/mol. The van der Waals surface area contributed by atoms with Gasteiger partial charge in [-0.3, -0.25) is 4.79 Å². The molecule has 0 spiro atoms. The maximum Gasteiger partial charge on any atom is 0.387 e. The Morgan fingerprint density at radius 3 is 2.21 bits per heavy atom. The molecule has 2 atom stereocenters. The van der Waals surface area contributed by atoms with E-state index in [9.17, 15) is 23.8 Å². The van der Waals surface area contributed by atoms with Gasteiger partial charge in [-0.05, 0) is 24.3 Å². The normalized spacial score (nSPS) is 22.9. The summed E-state index contributed by atoms with van der Waals surface area (Å²) in [6.07, 6.45) is -1.91. The van der Waals surface area contributed by atoms with Gasteiger partial charge < -0.3 is 19.8 Å². The minimum absolute atomic E-state index is 0.0342. The second kappa shape index (κ2) is 5.50. The summed E-state index contributed by atoms with van der Waals surface area (Å²) in [6.45, 7) is -2.81. The Balaban J connectivity index is 2.04. The van der Waals surface area contributed by atoms with E-state index in [0.717, 1.165) is 0 Å². The second-order valence-electron chi connectivity index (χ2n) is 4.25. The minimum atomic E-state index is -2.91. The number of hydrogen-bond donors (Lipinski definition) is 2. The molecule has 1 amide bonds. The number of carbonyl (C=O) groups excluding carboxylic acids is 1. The quantitative estimate of drug-likeness (QED) is 0.839. The molecule has 0 aliphatic carbocycles. The van der Waals surface area contributed by atoms with Gasteiger partial charge in [-0.25, -0.2) is 0 Å². The van der Waals surface area contributed by atoms with Crippen molar-refractivity contribution >= 4 is 5.91 Å². The Hall–Kier alpha value is -1.73. The molecular formula is C12H13F2NO4. The van der Waals surface area contributed by atoms with Gasteiger partial charge in [0.1, 0.15) is 5.75 Å². The molecule has 0 aromatic heterocycles. The van der Waals surface area contributed by atoms with Crippen molar-refractivity contribution in [2.24, 2.45) is 0 Å². The van der Waals surface area contributed by atoms with Crippen molar-refractivity contribution < 1.29 is 28.5 Å². The number of likely N-dealkylation sites (tertiary alicyclic amines) is 1. The fourth-order valence-corrected chi connectivity index (χ4v) is 1.90. The molecule has 7 heteroatoms. The molecule has 1 heterocycles. The van der Waals surface area contributed by atoms with Gasteiger partial charge in [0.2, 0.25) is 0 Å². The zero-order valence-electron chi connectivity index (χ0n) is 9.87. The SMILES string of the molecule is O=C(c1ccc(OC(F)F)cc1)N1C[C@@H](O)[C@@H](O)C1. The molecule has 0 bridgehead atoms. The largest absolute Gasteiger partial charge is 0.435 e. The Labute approximate surface area is 108 Å². The molecule has 1 fully saturated rings. The van der Waals surface area contributed by atoms with Gasteiger partial charge in [0.25, 0.3) is 5.91 Å². The van der Waals surface area contributed by atoms with E-state index in [0.29, 0.717) is 0 Å². The number of nitrogens with zero attached hydrogens (tertiary/aromatic N) is 1. The first-order chi connectivity index (χ1) is 8.97. The van der Waals surface area contributed by atoms with Crippen LogP contribution >= 0.6 is 0 Å². The number of β-amino-alcohol motifs (C(OH)–C–C–N with tert-alkyl or cyclic N) is 2. The zero-order chi connectivity index (χ0) is 14.0. The van der Waals surface area contributed by atoms with E-state index >= 15 is 0 Å². The lowest BCUT2D eigenvalue weighted by Crippen LogP contribution is -2.29.